The third-order valence-electron chi connectivity index (χ3n) is 4.92. The molecule has 0 aromatic heterocycles. The Balaban J connectivity index is 1.86. The lowest BCUT2D eigenvalue weighted by molar-refractivity contribution is -0.124. The number of rotatable bonds is 5. The number of benzene rings is 2. The standard InChI is InChI=1S/C21H22ClFN2O2/c1-13(2)24-19(26)14-7-8-17(22)18(11-14)25-20(27)21(9-4-10-21)15-5-3-6-16(23)12-15/h3,5-8,11-13H,4,9-10H2,1-2H3,(H,24,26)(H,25,27). The Labute approximate surface area is 163 Å². The minimum Gasteiger partial charge on any atom is -0.350 e. The third-order valence-corrected chi connectivity index (χ3v) is 5.25. The molecule has 0 atom stereocenters. The molecule has 2 aromatic carbocycles. The summed E-state index contributed by atoms with van der Waals surface area (Å²) in [4.78, 5) is 25.3. The van der Waals surface area contributed by atoms with Crippen LogP contribution in [-0.4, -0.2) is 17.9 Å². The molecule has 1 fully saturated rings. The Kier molecular flexibility index (Phi) is 5.51. The molecular formula is C21H22ClFN2O2. The van der Waals surface area contributed by atoms with E-state index in [0.717, 1.165) is 6.42 Å². The number of nitrogens with one attached hydrogen (secondary N) is 2. The highest BCUT2D eigenvalue weighted by molar-refractivity contribution is 6.34. The third kappa shape index (κ3) is 3.98. The first-order valence-corrected chi connectivity index (χ1v) is 9.37. The largest absolute Gasteiger partial charge is 0.350 e. The molecule has 6 heteroatoms. The van der Waals surface area contributed by atoms with Crippen LogP contribution in [-0.2, 0) is 10.2 Å². The molecule has 27 heavy (non-hydrogen) atoms. The monoisotopic (exact) mass is 388 g/mol. The zero-order valence-corrected chi connectivity index (χ0v) is 16.1. The Hall–Kier alpha value is -2.40. The summed E-state index contributed by atoms with van der Waals surface area (Å²) in [6.45, 7) is 3.74. The van der Waals surface area contributed by atoms with Crippen LogP contribution in [0.3, 0.4) is 0 Å². The van der Waals surface area contributed by atoms with Crippen molar-refractivity contribution in [3.05, 3.63) is 64.4 Å². The van der Waals surface area contributed by atoms with E-state index in [1.165, 1.54) is 12.1 Å². The zero-order chi connectivity index (χ0) is 19.6. The van der Waals surface area contributed by atoms with Gasteiger partial charge in [-0.15, -0.1) is 0 Å². The highest BCUT2D eigenvalue weighted by Gasteiger charge is 2.45. The van der Waals surface area contributed by atoms with Gasteiger partial charge in [0.05, 0.1) is 16.1 Å². The van der Waals surface area contributed by atoms with Crippen molar-refractivity contribution in [1.29, 1.82) is 0 Å². The average molecular weight is 389 g/mol. The molecule has 3 rings (SSSR count). The fourth-order valence-corrected chi connectivity index (χ4v) is 3.48. The molecule has 1 saturated carbocycles. The summed E-state index contributed by atoms with van der Waals surface area (Å²) in [5.41, 5.74) is 0.690. The van der Waals surface area contributed by atoms with Gasteiger partial charge in [0.25, 0.3) is 5.91 Å². The molecule has 2 amide bonds. The number of hydrogen-bond donors (Lipinski definition) is 2. The van der Waals surface area contributed by atoms with E-state index in [4.69, 9.17) is 11.6 Å². The molecule has 1 aliphatic carbocycles. The lowest BCUT2D eigenvalue weighted by Crippen LogP contribution is -2.46. The van der Waals surface area contributed by atoms with Gasteiger partial charge in [0.2, 0.25) is 5.91 Å². The fraction of sp³-hybridized carbons (Fsp3) is 0.333. The van der Waals surface area contributed by atoms with Crippen LogP contribution in [0.4, 0.5) is 10.1 Å². The first-order valence-electron chi connectivity index (χ1n) is 9.00. The maximum atomic E-state index is 13.7. The maximum Gasteiger partial charge on any atom is 0.251 e. The van der Waals surface area contributed by atoms with Gasteiger partial charge in [-0.05, 0) is 62.6 Å². The van der Waals surface area contributed by atoms with Crippen LogP contribution in [0, 0.1) is 5.82 Å². The number of anilines is 1. The summed E-state index contributed by atoms with van der Waals surface area (Å²) in [5.74, 6) is -0.833. The molecule has 0 unspecified atom stereocenters. The summed E-state index contributed by atoms with van der Waals surface area (Å²) in [6.07, 6.45) is 2.19. The lowest BCUT2D eigenvalue weighted by atomic mass is 9.63. The highest BCUT2D eigenvalue weighted by Crippen LogP contribution is 2.45. The van der Waals surface area contributed by atoms with Gasteiger partial charge >= 0.3 is 0 Å². The Bertz CT molecular complexity index is 878. The average Bonchev–Trinajstić information content (AvgIpc) is 2.55. The van der Waals surface area contributed by atoms with Gasteiger partial charge in [0, 0.05) is 11.6 Å². The van der Waals surface area contributed by atoms with Crippen LogP contribution >= 0.6 is 11.6 Å². The Morgan fingerprint density at radius 3 is 2.48 bits per heavy atom. The normalized spacial score (nSPS) is 15.1. The molecule has 0 spiro atoms. The van der Waals surface area contributed by atoms with Gasteiger partial charge < -0.3 is 10.6 Å². The summed E-state index contributed by atoms with van der Waals surface area (Å²) in [5, 5.41) is 6.00. The van der Waals surface area contributed by atoms with Gasteiger partial charge in [0.15, 0.2) is 0 Å². The fourth-order valence-electron chi connectivity index (χ4n) is 3.31. The molecule has 0 saturated heterocycles. The second-order valence-corrected chi connectivity index (χ2v) is 7.63. The second-order valence-electron chi connectivity index (χ2n) is 7.22. The van der Waals surface area contributed by atoms with Crippen molar-refractivity contribution < 1.29 is 14.0 Å². The summed E-state index contributed by atoms with van der Waals surface area (Å²) >= 11 is 6.23. The van der Waals surface area contributed by atoms with Crippen molar-refractivity contribution >= 4 is 29.1 Å². The predicted octanol–water partition coefficient (Wildman–Crippen LogP) is 4.68. The van der Waals surface area contributed by atoms with Crippen molar-refractivity contribution in [3.8, 4) is 0 Å². The molecule has 0 aliphatic heterocycles. The van der Waals surface area contributed by atoms with Crippen molar-refractivity contribution in [3.63, 3.8) is 0 Å². The number of halogens is 2. The molecule has 2 N–H and O–H groups in total. The minimum atomic E-state index is -0.762. The molecule has 1 aliphatic rings. The first kappa shape index (κ1) is 19.4. The van der Waals surface area contributed by atoms with E-state index in [1.54, 1.807) is 30.3 Å². The van der Waals surface area contributed by atoms with Crippen LogP contribution in [0.5, 0.6) is 0 Å². The molecule has 142 valence electrons. The van der Waals surface area contributed by atoms with Crippen molar-refractivity contribution in [1.82, 2.24) is 5.32 Å². The van der Waals surface area contributed by atoms with E-state index in [9.17, 15) is 14.0 Å². The van der Waals surface area contributed by atoms with Crippen LogP contribution < -0.4 is 10.6 Å². The number of amides is 2. The van der Waals surface area contributed by atoms with E-state index >= 15 is 0 Å². The van der Waals surface area contributed by atoms with Gasteiger partial charge in [-0.1, -0.05) is 30.2 Å². The summed E-state index contributed by atoms with van der Waals surface area (Å²) in [7, 11) is 0. The van der Waals surface area contributed by atoms with Gasteiger partial charge in [-0.2, -0.15) is 0 Å². The molecule has 0 heterocycles. The Morgan fingerprint density at radius 1 is 1.15 bits per heavy atom. The van der Waals surface area contributed by atoms with Crippen LogP contribution in [0.15, 0.2) is 42.5 Å². The predicted molar refractivity (Wildman–Crippen MR) is 105 cm³/mol. The molecule has 2 aromatic rings. The van der Waals surface area contributed by atoms with Crippen molar-refractivity contribution in [2.45, 2.75) is 44.6 Å². The number of carbonyl (C=O) groups excluding carboxylic acids is 2. The van der Waals surface area contributed by atoms with E-state index in [2.05, 4.69) is 10.6 Å². The lowest BCUT2D eigenvalue weighted by Gasteiger charge is -2.40. The first-order chi connectivity index (χ1) is 12.8. The summed E-state index contributed by atoms with van der Waals surface area (Å²) < 4.78 is 13.7. The molecule has 0 radical (unpaired) electrons. The SMILES string of the molecule is CC(C)NC(=O)c1ccc(Cl)c(NC(=O)C2(c3cccc(F)c3)CCC2)c1. The highest BCUT2D eigenvalue weighted by atomic mass is 35.5. The minimum absolute atomic E-state index is 0.00237. The van der Waals surface area contributed by atoms with Gasteiger partial charge in [0.1, 0.15) is 5.82 Å². The smallest absolute Gasteiger partial charge is 0.251 e. The number of hydrogen-bond acceptors (Lipinski definition) is 2. The second kappa shape index (κ2) is 7.69. The van der Waals surface area contributed by atoms with Crippen molar-refractivity contribution in [2.75, 3.05) is 5.32 Å². The molecule has 4 nitrogen and oxygen atoms in total. The van der Waals surface area contributed by atoms with E-state index in [-0.39, 0.29) is 23.7 Å². The molecular weight excluding hydrogens is 367 g/mol. The van der Waals surface area contributed by atoms with Crippen molar-refractivity contribution in [2.24, 2.45) is 0 Å². The topological polar surface area (TPSA) is 58.2 Å². The summed E-state index contributed by atoms with van der Waals surface area (Å²) in [6, 6.07) is 10.9. The van der Waals surface area contributed by atoms with E-state index < -0.39 is 5.41 Å². The molecule has 0 bridgehead atoms. The zero-order valence-electron chi connectivity index (χ0n) is 15.3. The van der Waals surface area contributed by atoms with Gasteiger partial charge in [-0.3, -0.25) is 9.59 Å². The van der Waals surface area contributed by atoms with Crippen LogP contribution in [0.1, 0.15) is 49.0 Å². The number of carbonyl (C=O) groups is 2. The van der Waals surface area contributed by atoms with Gasteiger partial charge in [-0.25, -0.2) is 4.39 Å². The maximum absolute atomic E-state index is 13.7. The Morgan fingerprint density at radius 2 is 1.89 bits per heavy atom. The van der Waals surface area contributed by atoms with Crippen LogP contribution in [0.25, 0.3) is 0 Å². The quantitative estimate of drug-likeness (QED) is 0.781. The van der Waals surface area contributed by atoms with E-state index in [0.29, 0.717) is 34.7 Å². The van der Waals surface area contributed by atoms with Crippen LogP contribution in [0.2, 0.25) is 5.02 Å². The van der Waals surface area contributed by atoms with E-state index in [1.807, 2.05) is 13.8 Å².